The first-order valence-corrected chi connectivity index (χ1v) is 14.3. The first kappa shape index (κ1) is 26.6. The average Bonchev–Trinajstić information content (AvgIpc) is 2.83. The van der Waals surface area contributed by atoms with Gasteiger partial charge in [0, 0.05) is 11.8 Å². The number of aliphatic carboxylic acids is 1. The van der Waals surface area contributed by atoms with Crippen molar-refractivity contribution in [3.8, 4) is 5.75 Å². The summed E-state index contributed by atoms with van der Waals surface area (Å²) in [7, 11) is -2.31. The Morgan fingerprint density at radius 1 is 1.12 bits per heavy atom. The number of hydrogen-bond donors (Lipinski definition) is 1. The number of piperidine rings is 1. The lowest BCUT2D eigenvalue weighted by Gasteiger charge is -2.42. The van der Waals surface area contributed by atoms with E-state index in [-0.39, 0.29) is 16.7 Å². The van der Waals surface area contributed by atoms with E-state index in [0.29, 0.717) is 17.7 Å². The van der Waals surface area contributed by atoms with Crippen molar-refractivity contribution in [3.63, 3.8) is 0 Å². The van der Waals surface area contributed by atoms with Crippen molar-refractivity contribution in [2.75, 3.05) is 19.4 Å². The molecule has 6 nitrogen and oxygen atoms in total. The molecule has 3 atom stereocenters. The third-order valence-corrected chi connectivity index (χ3v) is 9.96. The van der Waals surface area contributed by atoms with Crippen molar-refractivity contribution in [1.29, 1.82) is 0 Å². The molecule has 0 aliphatic carbocycles. The summed E-state index contributed by atoms with van der Waals surface area (Å²) < 4.78 is 34.3. The quantitative estimate of drug-likeness (QED) is 0.405. The van der Waals surface area contributed by atoms with Crippen LogP contribution in [0.4, 0.5) is 0 Å². The molecule has 2 aromatic carbocycles. The maximum atomic E-state index is 13.8. The number of carboxylic acids is 1. The summed E-state index contributed by atoms with van der Waals surface area (Å²) in [5.74, 6) is -0.124. The molecule has 0 unspecified atom stereocenters. The van der Waals surface area contributed by atoms with E-state index in [9.17, 15) is 18.3 Å². The number of benzene rings is 2. The molecule has 2 aromatic rings. The first-order valence-electron chi connectivity index (χ1n) is 11.9. The number of hydrogen-bond acceptors (Lipinski definition) is 5. The molecule has 1 N–H and O–H groups in total. The maximum Gasteiger partial charge on any atom is 0.308 e. The Morgan fingerprint density at radius 2 is 1.82 bits per heavy atom. The summed E-state index contributed by atoms with van der Waals surface area (Å²) in [6.07, 6.45) is 4.94. The fourth-order valence-electron chi connectivity index (χ4n) is 4.49. The molecule has 0 spiro atoms. The lowest BCUT2D eigenvalue weighted by Crippen LogP contribution is -2.49. The van der Waals surface area contributed by atoms with Gasteiger partial charge in [0.05, 0.1) is 24.0 Å². The predicted molar refractivity (Wildman–Crippen MR) is 137 cm³/mol. The number of carboxylic acid groups (broad SMARTS) is 1. The van der Waals surface area contributed by atoms with Crippen molar-refractivity contribution >= 4 is 27.8 Å². The van der Waals surface area contributed by atoms with Crippen LogP contribution < -0.4 is 4.74 Å². The highest BCUT2D eigenvalue weighted by Gasteiger charge is 2.45. The molecule has 0 aromatic heterocycles. The third kappa shape index (κ3) is 6.15. The SMILES string of the molecule is CCCCCCS[C@@H]1C[C@@H](c2ccc(OC)cc2)N(S(=O)(=O)c2ccccc2C)C[C@H]1C(=O)O. The van der Waals surface area contributed by atoms with Gasteiger partial charge in [-0.2, -0.15) is 16.1 Å². The number of methoxy groups -OCH3 is 1. The molecule has 0 bridgehead atoms. The van der Waals surface area contributed by atoms with Crippen LogP contribution >= 0.6 is 11.8 Å². The fourth-order valence-corrected chi connectivity index (χ4v) is 7.80. The fraction of sp³-hybridized carbons (Fsp3) is 0.500. The summed E-state index contributed by atoms with van der Waals surface area (Å²) in [6.45, 7) is 3.88. The Labute approximate surface area is 207 Å². The number of unbranched alkanes of at least 4 members (excludes halogenated alkanes) is 3. The Balaban J connectivity index is 1.96. The van der Waals surface area contributed by atoms with Gasteiger partial charge in [0.1, 0.15) is 5.75 Å². The van der Waals surface area contributed by atoms with E-state index in [4.69, 9.17) is 4.74 Å². The predicted octanol–water partition coefficient (Wildman–Crippen LogP) is 5.52. The second kappa shape index (κ2) is 12.1. The lowest BCUT2D eigenvalue weighted by molar-refractivity contribution is -0.143. The van der Waals surface area contributed by atoms with E-state index in [0.717, 1.165) is 30.6 Å². The smallest absolute Gasteiger partial charge is 0.308 e. The standard InChI is InChI=1S/C26H35NO5S2/c1-4-5-6-9-16-33-24-17-23(20-12-14-21(32-3)15-13-20)27(18-22(24)26(28)29)34(30,31)25-11-8-7-10-19(25)2/h7-8,10-15,22-24H,4-6,9,16-18H2,1-3H3,(H,28,29)/t22-,23+,24-/m1/s1. The summed E-state index contributed by atoms with van der Waals surface area (Å²) in [5.41, 5.74) is 1.49. The van der Waals surface area contributed by atoms with Gasteiger partial charge in [-0.1, -0.05) is 56.5 Å². The normalized spacial score (nSPS) is 21.3. The van der Waals surface area contributed by atoms with Gasteiger partial charge in [-0.05, 0) is 54.8 Å². The number of aryl methyl sites for hydroxylation is 1. The Kier molecular flexibility index (Phi) is 9.45. The highest BCUT2D eigenvalue weighted by Crippen LogP contribution is 2.43. The van der Waals surface area contributed by atoms with E-state index in [2.05, 4.69) is 6.92 Å². The van der Waals surface area contributed by atoms with Crippen LogP contribution in [0.5, 0.6) is 5.75 Å². The van der Waals surface area contributed by atoms with Crippen LogP contribution in [0.25, 0.3) is 0 Å². The molecule has 8 heteroatoms. The average molecular weight is 506 g/mol. The van der Waals surface area contributed by atoms with Crippen LogP contribution in [0.3, 0.4) is 0 Å². The molecule has 0 radical (unpaired) electrons. The second-order valence-corrected chi connectivity index (χ2v) is 12.0. The van der Waals surface area contributed by atoms with Gasteiger partial charge in [-0.25, -0.2) is 8.42 Å². The van der Waals surface area contributed by atoms with Crippen LogP contribution in [0, 0.1) is 12.8 Å². The van der Waals surface area contributed by atoms with Crippen molar-refractivity contribution in [1.82, 2.24) is 4.31 Å². The minimum atomic E-state index is -3.90. The zero-order valence-corrected chi connectivity index (χ0v) is 21.8. The Hall–Kier alpha value is -2.03. The number of ether oxygens (including phenoxy) is 1. The van der Waals surface area contributed by atoms with E-state index < -0.39 is 28.0 Å². The summed E-state index contributed by atoms with van der Waals surface area (Å²) in [6, 6.07) is 13.8. The number of thioether (sulfide) groups is 1. The van der Waals surface area contributed by atoms with Crippen LogP contribution in [0.1, 0.15) is 56.2 Å². The highest BCUT2D eigenvalue weighted by molar-refractivity contribution is 7.99. The number of sulfonamides is 1. The first-order chi connectivity index (χ1) is 16.3. The molecule has 1 aliphatic heterocycles. The van der Waals surface area contributed by atoms with Gasteiger partial charge in [-0.3, -0.25) is 4.79 Å². The van der Waals surface area contributed by atoms with Crippen LogP contribution in [0.2, 0.25) is 0 Å². The van der Waals surface area contributed by atoms with E-state index >= 15 is 0 Å². The molecule has 1 fully saturated rings. The minimum Gasteiger partial charge on any atom is -0.497 e. The molecule has 0 saturated carbocycles. The topological polar surface area (TPSA) is 83.9 Å². The zero-order valence-electron chi connectivity index (χ0n) is 20.1. The molecule has 0 amide bonds. The molecule has 186 valence electrons. The molecule has 34 heavy (non-hydrogen) atoms. The highest BCUT2D eigenvalue weighted by atomic mass is 32.2. The Morgan fingerprint density at radius 3 is 2.44 bits per heavy atom. The third-order valence-electron chi connectivity index (χ3n) is 6.46. The van der Waals surface area contributed by atoms with E-state index in [1.54, 1.807) is 50.1 Å². The van der Waals surface area contributed by atoms with Crippen molar-refractivity contribution in [3.05, 3.63) is 59.7 Å². The van der Waals surface area contributed by atoms with Gasteiger partial charge in [0.2, 0.25) is 10.0 Å². The summed E-state index contributed by atoms with van der Waals surface area (Å²) in [5, 5.41) is 9.87. The summed E-state index contributed by atoms with van der Waals surface area (Å²) >= 11 is 1.67. The monoisotopic (exact) mass is 505 g/mol. The molecular formula is C26H35NO5S2. The molecular weight excluding hydrogens is 470 g/mol. The van der Waals surface area contributed by atoms with Crippen LogP contribution in [-0.4, -0.2) is 48.5 Å². The lowest BCUT2D eigenvalue weighted by atomic mass is 9.90. The molecule has 1 saturated heterocycles. The van der Waals surface area contributed by atoms with Gasteiger partial charge in [0.15, 0.2) is 0 Å². The van der Waals surface area contributed by atoms with Crippen LogP contribution in [-0.2, 0) is 14.8 Å². The van der Waals surface area contributed by atoms with E-state index in [1.165, 1.54) is 10.7 Å². The van der Waals surface area contributed by atoms with Crippen molar-refractivity contribution in [2.24, 2.45) is 5.92 Å². The maximum absolute atomic E-state index is 13.8. The van der Waals surface area contributed by atoms with Gasteiger partial charge >= 0.3 is 5.97 Å². The van der Waals surface area contributed by atoms with Gasteiger partial charge in [-0.15, -0.1) is 0 Å². The number of carbonyl (C=O) groups is 1. The zero-order chi connectivity index (χ0) is 24.7. The number of nitrogens with zero attached hydrogens (tertiary/aromatic N) is 1. The van der Waals surface area contributed by atoms with E-state index in [1.807, 2.05) is 24.3 Å². The molecule has 3 rings (SSSR count). The summed E-state index contributed by atoms with van der Waals surface area (Å²) in [4.78, 5) is 12.5. The second-order valence-electron chi connectivity index (χ2n) is 8.78. The molecule has 1 heterocycles. The minimum absolute atomic E-state index is 0.0463. The Bertz CT molecular complexity index is 1060. The van der Waals surface area contributed by atoms with Gasteiger partial charge in [0.25, 0.3) is 0 Å². The molecule has 1 aliphatic rings. The largest absolute Gasteiger partial charge is 0.497 e. The van der Waals surface area contributed by atoms with Crippen molar-refractivity contribution < 1.29 is 23.1 Å². The number of rotatable bonds is 11. The van der Waals surface area contributed by atoms with Gasteiger partial charge < -0.3 is 9.84 Å². The van der Waals surface area contributed by atoms with Crippen molar-refractivity contribution in [2.45, 2.75) is 62.1 Å². The van der Waals surface area contributed by atoms with Crippen LogP contribution in [0.15, 0.2) is 53.4 Å².